The molecule has 0 saturated carbocycles. The molecule has 1 rings (SSSR count). The van der Waals surface area contributed by atoms with E-state index >= 15 is 0 Å². The van der Waals surface area contributed by atoms with E-state index in [-0.39, 0.29) is 6.61 Å². The first-order valence-corrected chi connectivity index (χ1v) is 7.30. The van der Waals surface area contributed by atoms with Gasteiger partial charge in [-0.25, -0.2) is 4.79 Å². The molecule has 4 nitrogen and oxygen atoms in total. The molecule has 0 unspecified atom stereocenters. The van der Waals surface area contributed by atoms with E-state index in [4.69, 9.17) is 10.00 Å². The first kappa shape index (κ1) is 17.0. The quantitative estimate of drug-likeness (QED) is 0.608. The topological polar surface area (TPSA) is 62.1 Å². The van der Waals surface area contributed by atoms with Gasteiger partial charge >= 0.3 is 5.97 Å². The van der Waals surface area contributed by atoms with Crippen molar-refractivity contribution in [2.24, 2.45) is 5.41 Å². The molecule has 0 aliphatic rings. The first-order chi connectivity index (χ1) is 9.92. The molecule has 0 aliphatic heterocycles. The molecule has 0 bridgehead atoms. The van der Waals surface area contributed by atoms with E-state index < -0.39 is 5.97 Å². The van der Waals surface area contributed by atoms with Crippen molar-refractivity contribution in [2.45, 2.75) is 40.0 Å². The number of nitrogens with zero attached hydrogens (tertiary/aromatic N) is 1. The average molecular weight is 288 g/mol. The third kappa shape index (κ3) is 7.36. The van der Waals surface area contributed by atoms with E-state index in [0.717, 1.165) is 18.7 Å². The molecule has 21 heavy (non-hydrogen) atoms. The Hall–Kier alpha value is -2.02. The maximum Gasteiger partial charge on any atom is 0.339 e. The summed E-state index contributed by atoms with van der Waals surface area (Å²) in [5, 5.41) is 11.7. The molecule has 4 heteroatoms. The predicted molar refractivity (Wildman–Crippen MR) is 84.1 cm³/mol. The van der Waals surface area contributed by atoms with Crippen LogP contribution in [-0.2, 0) is 4.74 Å². The van der Waals surface area contributed by atoms with Crippen LogP contribution in [0.1, 0.15) is 50.4 Å². The van der Waals surface area contributed by atoms with E-state index in [1.165, 1.54) is 12.8 Å². The maximum atomic E-state index is 11.5. The van der Waals surface area contributed by atoms with E-state index in [9.17, 15) is 4.79 Å². The number of carbonyl (C=O) groups excluding carboxylic acids is 1. The lowest BCUT2D eigenvalue weighted by molar-refractivity contribution is 0.0555. The zero-order valence-corrected chi connectivity index (χ0v) is 13.1. The van der Waals surface area contributed by atoms with Crippen molar-refractivity contribution in [3.63, 3.8) is 0 Å². The second-order valence-corrected chi connectivity index (χ2v) is 6.26. The van der Waals surface area contributed by atoms with Crippen molar-refractivity contribution in [1.82, 2.24) is 0 Å². The Morgan fingerprint density at radius 3 is 2.48 bits per heavy atom. The van der Waals surface area contributed by atoms with Crippen molar-refractivity contribution >= 4 is 11.7 Å². The van der Waals surface area contributed by atoms with Gasteiger partial charge in [0.25, 0.3) is 0 Å². The summed E-state index contributed by atoms with van der Waals surface area (Å²) in [5.41, 5.74) is 1.84. The van der Waals surface area contributed by atoms with Gasteiger partial charge in [0.1, 0.15) is 6.07 Å². The Morgan fingerprint density at radius 2 is 1.90 bits per heavy atom. The van der Waals surface area contributed by atoms with Crippen LogP contribution in [0.15, 0.2) is 24.3 Å². The Bertz CT molecular complexity index is 481. The third-order valence-electron chi connectivity index (χ3n) is 3.07. The fourth-order valence-electron chi connectivity index (χ4n) is 1.92. The number of ether oxygens (including phenoxy) is 1. The fourth-order valence-corrected chi connectivity index (χ4v) is 1.92. The van der Waals surface area contributed by atoms with Crippen LogP contribution < -0.4 is 5.32 Å². The highest BCUT2D eigenvalue weighted by Crippen LogP contribution is 2.21. The number of hydrogen-bond acceptors (Lipinski definition) is 4. The van der Waals surface area contributed by atoms with Gasteiger partial charge in [-0.15, -0.1) is 0 Å². The molecular weight excluding hydrogens is 264 g/mol. The van der Waals surface area contributed by atoms with Crippen molar-refractivity contribution in [1.29, 1.82) is 5.26 Å². The molecule has 114 valence electrons. The van der Waals surface area contributed by atoms with E-state index in [0.29, 0.717) is 11.0 Å². The normalized spacial score (nSPS) is 10.8. The predicted octanol–water partition coefficient (Wildman–Crippen LogP) is 4.00. The van der Waals surface area contributed by atoms with Gasteiger partial charge in [-0.05, 0) is 42.5 Å². The van der Waals surface area contributed by atoms with Gasteiger partial charge < -0.3 is 10.1 Å². The van der Waals surface area contributed by atoms with Crippen LogP contribution in [0.3, 0.4) is 0 Å². The number of nitrogens with one attached hydrogen (secondary N) is 1. The number of rotatable bonds is 7. The fraction of sp³-hybridized carbons (Fsp3) is 0.529. The molecule has 1 aromatic rings. The molecule has 0 fully saturated rings. The average Bonchev–Trinajstić information content (AvgIpc) is 2.44. The van der Waals surface area contributed by atoms with Crippen LogP contribution in [0.25, 0.3) is 0 Å². The van der Waals surface area contributed by atoms with Gasteiger partial charge in [-0.3, -0.25) is 0 Å². The lowest BCUT2D eigenvalue weighted by Gasteiger charge is -2.17. The summed E-state index contributed by atoms with van der Waals surface area (Å²) in [6.45, 7) is 7.47. The van der Waals surface area contributed by atoms with Gasteiger partial charge in [0.05, 0.1) is 5.56 Å². The highest BCUT2D eigenvalue weighted by molar-refractivity contribution is 5.89. The zero-order chi connectivity index (χ0) is 15.7. The number of benzene rings is 1. The molecule has 0 aromatic heterocycles. The van der Waals surface area contributed by atoms with Gasteiger partial charge in [0.15, 0.2) is 6.61 Å². The lowest BCUT2D eigenvalue weighted by atomic mass is 9.90. The van der Waals surface area contributed by atoms with Crippen molar-refractivity contribution in [3.05, 3.63) is 29.8 Å². The molecule has 0 amide bonds. The Balaban J connectivity index is 2.31. The number of nitriles is 1. The number of hydrogen-bond donors (Lipinski definition) is 1. The minimum absolute atomic E-state index is 0.216. The second kappa shape index (κ2) is 8.31. The van der Waals surface area contributed by atoms with Crippen LogP contribution in [0.5, 0.6) is 0 Å². The van der Waals surface area contributed by atoms with E-state index in [2.05, 4.69) is 26.1 Å². The van der Waals surface area contributed by atoms with Crippen LogP contribution in [-0.4, -0.2) is 19.1 Å². The SMILES string of the molecule is CC(C)(C)CCCCNc1ccc(C(=O)OCC#N)cc1. The van der Waals surface area contributed by atoms with Crippen molar-refractivity contribution in [3.8, 4) is 6.07 Å². The molecule has 0 saturated heterocycles. The summed E-state index contributed by atoms with van der Waals surface area (Å²) >= 11 is 0. The molecule has 0 heterocycles. The summed E-state index contributed by atoms with van der Waals surface area (Å²) in [6, 6.07) is 8.89. The molecule has 0 atom stereocenters. The molecule has 0 aliphatic carbocycles. The van der Waals surface area contributed by atoms with Crippen molar-refractivity contribution < 1.29 is 9.53 Å². The minimum atomic E-state index is -0.465. The number of esters is 1. The highest BCUT2D eigenvalue weighted by Gasteiger charge is 2.09. The van der Waals surface area contributed by atoms with Crippen LogP contribution in [0.4, 0.5) is 5.69 Å². The van der Waals surface area contributed by atoms with Crippen LogP contribution in [0.2, 0.25) is 0 Å². The second-order valence-electron chi connectivity index (χ2n) is 6.26. The summed E-state index contributed by atoms with van der Waals surface area (Å²) in [7, 11) is 0. The largest absolute Gasteiger partial charge is 0.447 e. The molecule has 1 N–H and O–H groups in total. The number of carbonyl (C=O) groups is 1. The Labute approximate surface area is 127 Å². The van der Waals surface area contributed by atoms with Gasteiger partial charge in [0.2, 0.25) is 0 Å². The molecular formula is C17H24N2O2. The third-order valence-corrected chi connectivity index (χ3v) is 3.07. The molecule has 0 spiro atoms. The summed E-state index contributed by atoms with van der Waals surface area (Å²) in [4.78, 5) is 11.5. The van der Waals surface area contributed by atoms with Crippen LogP contribution in [0, 0.1) is 16.7 Å². The smallest absolute Gasteiger partial charge is 0.339 e. The van der Waals surface area contributed by atoms with Crippen molar-refractivity contribution in [2.75, 3.05) is 18.5 Å². The van der Waals surface area contributed by atoms with Gasteiger partial charge in [-0.1, -0.05) is 27.2 Å². The zero-order valence-electron chi connectivity index (χ0n) is 13.1. The maximum absolute atomic E-state index is 11.5. The summed E-state index contributed by atoms with van der Waals surface area (Å²) in [6.07, 6.45) is 3.55. The Morgan fingerprint density at radius 1 is 1.24 bits per heavy atom. The summed E-state index contributed by atoms with van der Waals surface area (Å²) in [5.74, 6) is -0.465. The number of anilines is 1. The Kier molecular flexibility index (Phi) is 6.74. The first-order valence-electron chi connectivity index (χ1n) is 7.30. The van der Waals surface area contributed by atoms with Gasteiger partial charge in [0, 0.05) is 12.2 Å². The van der Waals surface area contributed by atoms with E-state index in [1.54, 1.807) is 18.2 Å². The lowest BCUT2D eigenvalue weighted by Crippen LogP contribution is -2.08. The van der Waals surface area contributed by atoms with E-state index in [1.807, 2.05) is 12.1 Å². The number of unbranched alkanes of at least 4 members (excludes halogenated alkanes) is 1. The minimum Gasteiger partial charge on any atom is -0.447 e. The molecule has 0 radical (unpaired) electrons. The summed E-state index contributed by atoms with van der Waals surface area (Å²) < 4.78 is 4.74. The standard InChI is InChI=1S/C17H24N2O2/c1-17(2,3)10-4-5-12-19-15-8-6-14(7-9-15)16(20)21-13-11-18/h6-9,19H,4-5,10,12-13H2,1-3H3. The monoisotopic (exact) mass is 288 g/mol. The molecule has 1 aromatic carbocycles. The van der Waals surface area contributed by atoms with Crippen LogP contribution >= 0.6 is 0 Å². The van der Waals surface area contributed by atoms with Gasteiger partial charge in [-0.2, -0.15) is 5.26 Å². The highest BCUT2D eigenvalue weighted by atomic mass is 16.5.